The zero-order valence-electron chi connectivity index (χ0n) is 15.7. The van der Waals surface area contributed by atoms with Crippen LogP contribution in [0.2, 0.25) is 0 Å². The first-order valence-corrected chi connectivity index (χ1v) is 8.69. The van der Waals surface area contributed by atoms with Crippen LogP contribution in [0, 0.1) is 6.92 Å². The molecule has 0 aromatic heterocycles. The largest absolute Gasteiger partial charge is 0.376 e. The fourth-order valence-corrected chi connectivity index (χ4v) is 2.37. The molecule has 0 aliphatic carbocycles. The lowest BCUT2D eigenvalue weighted by Gasteiger charge is -2.12. The number of nitrogens with one attached hydrogen (secondary N) is 4. The van der Waals surface area contributed by atoms with Gasteiger partial charge in [0.2, 0.25) is 17.7 Å². The zero-order valence-corrected chi connectivity index (χ0v) is 15.7. The smallest absolute Gasteiger partial charge is 0.243 e. The van der Waals surface area contributed by atoms with Crippen molar-refractivity contribution >= 4 is 40.5 Å². The molecular formula is C20H24N4O3. The molecule has 7 nitrogen and oxygen atoms in total. The van der Waals surface area contributed by atoms with E-state index in [1.807, 2.05) is 19.1 Å². The predicted octanol–water partition coefficient (Wildman–Crippen LogP) is 3.35. The van der Waals surface area contributed by atoms with Gasteiger partial charge in [0.05, 0.1) is 6.54 Å². The van der Waals surface area contributed by atoms with Crippen molar-refractivity contribution < 1.29 is 14.4 Å². The van der Waals surface area contributed by atoms with Gasteiger partial charge in [-0.25, -0.2) is 0 Å². The fourth-order valence-electron chi connectivity index (χ4n) is 2.37. The van der Waals surface area contributed by atoms with E-state index >= 15 is 0 Å². The maximum absolute atomic E-state index is 12.2. The monoisotopic (exact) mass is 368 g/mol. The third-order valence-corrected chi connectivity index (χ3v) is 3.75. The highest BCUT2D eigenvalue weighted by molar-refractivity contribution is 5.96. The van der Waals surface area contributed by atoms with E-state index in [0.717, 1.165) is 16.9 Å². The van der Waals surface area contributed by atoms with Crippen molar-refractivity contribution in [3.63, 3.8) is 0 Å². The maximum atomic E-state index is 12.2. The van der Waals surface area contributed by atoms with E-state index in [-0.39, 0.29) is 24.3 Å². The molecule has 0 saturated heterocycles. The van der Waals surface area contributed by atoms with Gasteiger partial charge in [0.1, 0.15) is 0 Å². The van der Waals surface area contributed by atoms with Crippen molar-refractivity contribution in [2.45, 2.75) is 27.2 Å². The molecule has 0 spiro atoms. The molecule has 2 aromatic carbocycles. The number of benzene rings is 2. The molecule has 0 aliphatic heterocycles. The van der Waals surface area contributed by atoms with Crippen molar-refractivity contribution in [1.29, 1.82) is 0 Å². The number of carbonyl (C=O) groups excluding carboxylic acids is 3. The minimum Gasteiger partial charge on any atom is -0.376 e. The molecule has 0 fully saturated rings. The predicted molar refractivity (Wildman–Crippen MR) is 108 cm³/mol. The van der Waals surface area contributed by atoms with E-state index in [0.29, 0.717) is 17.8 Å². The number of carbonyl (C=O) groups is 3. The second-order valence-corrected chi connectivity index (χ2v) is 6.10. The van der Waals surface area contributed by atoms with Crippen molar-refractivity contribution in [3.05, 3.63) is 48.0 Å². The second kappa shape index (κ2) is 9.38. The summed E-state index contributed by atoms with van der Waals surface area (Å²) in [7, 11) is 0. The Morgan fingerprint density at radius 1 is 0.852 bits per heavy atom. The summed E-state index contributed by atoms with van der Waals surface area (Å²) in [4.78, 5) is 34.9. The van der Waals surface area contributed by atoms with E-state index in [1.165, 1.54) is 6.92 Å². The normalized spacial score (nSPS) is 10.0. The number of rotatable bonds is 7. The lowest BCUT2D eigenvalue weighted by atomic mass is 10.1. The van der Waals surface area contributed by atoms with Gasteiger partial charge in [-0.05, 0) is 42.8 Å². The van der Waals surface area contributed by atoms with Crippen LogP contribution < -0.4 is 21.3 Å². The molecule has 0 heterocycles. The Morgan fingerprint density at radius 3 is 2.22 bits per heavy atom. The number of aryl methyl sites for hydroxylation is 1. The summed E-state index contributed by atoms with van der Waals surface area (Å²) >= 11 is 0. The molecule has 27 heavy (non-hydrogen) atoms. The van der Waals surface area contributed by atoms with E-state index in [4.69, 9.17) is 0 Å². The highest BCUT2D eigenvalue weighted by Crippen LogP contribution is 2.20. The SMILES string of the molecule is CCC(=O)Nc1cc(NCC(=O)Nc2cccc(NC(C)=O)c2)ccc1C. The molecule has 3 amide bonds. The topological polar surface area (TPSA) is 99.3 Å². The van der Waals surface area contributed by atoms with Crippen LogP contribution in [-0.4, -0.2) is 24.3 Å². The van der Waals surface area contributed by atoms with E-state index in [9.17, 15) is 14.4 Å². The minimum absolute atomic E-state index is 0.0629. The highest BCUT2D eigenvalue weighted by Gasteiger charge is 2.07. The molecule has 2 aromatic rings. The molecule has 0 atom stereocenters. The summed E-state index contributed by atoms with van der Waals surface area (Å²) in [5.74, 6) is -0.466. The van der Waals surface area contributed by atoms with E-state index in [2.05, 4.69) is 21.3 Å². The first-order valence-electron chi connectivity index (χ1n) is 8.69. The maximum Gasteiger partial charge on any atom is 0.243 e. The molecular weight excluding hydrogens is 344 g/mol. The molecule has 2 rings (SSSR count). The fraction of sp³-hybridized carbons (Fsp3) is 0.250. The standard InChI is InChI=1S/C20H24N4O3/c1-4-19(26)24-18-11-15(9-8-13(18)2)21-12-20(27)23-17-7-5-6-16(10-17)22-14(3)25/h5-11,21H,4,12H2,1-3H3,(H,22,25)(H,23,27)(H,24,26). The van der Waals surface area contributed by atoms with Gasteiger partial charge in [-0.2, -0.15) is 0 Å². The summed E-state index contributed by atoms with van der Waals surface area (Å²) < 4.78 is 0. The molecule has 0 saturated carbocycles. The Morgan fingerprint density at radius 2 is 1.56 bits per heavy atom. The van der Waals surface area contributed by atoms with Crippen molar-refractivity contribution in [1.82, 2.24) is 0 Å². The molecule has 4 N–H and O–H groups in total. The van der Waals surface area contributed by atoms with Gasteiger partial charge < -0.3 is 21.3 Å². The van der Waals surface area contributed by atoms with Gasteiger partial charge in [0, 0.05) is 36.1 Å². The van der Waals surface area contributed by atoms with Crippen LogP contribution in [0.1, 0.15) is 25.8 Å². The van der Waals surface area contributed by atoms with Crippen LogP contribution in [0.4, 0.5) is 22.7 Å². The van der Waals surface area contributed by atoms with E-state index in [1.54, 1.807) is 37.3 Å². The summed E-state index contributed by atoms with van der Waals surface area (Å²) in [5.41, 5.74) is 3.60. The minimum atomic E-state index is -0.227. The molecule has 0 unspecified atom stereocenters. The summed E-state index contributed by atoms with van der Waals surface area (Å²) in [6.45, 7) is 5.18. The van der Waals surface area contributed by atoms with Gasteiger partial charge in [0.15, 0.2) is 0 Å². The number of hydrogen-bond acceptors (Lipinski definition) is 4. The average molecular weight is 368 g/mol. The van der Waals surface area contributed by atoms with Gasteiger partial charge in [0.25, 0.3) is 0 Å². The number of amides is 3. The number of anilines is 4. The molecule has 0 radical (unpaired) electrons. The lowest BCUT2D eigenvalue weighted by Crippen LogP contribution is -2.22. The van der Waals surface area contributed by atoms with Crippen LogP contribution in [0.25, 0.3) is 0 Å². The van der Waals surface area contributed by atoms with Crippen molar-refractivity contribution in [2.24, 2.45) is 0 Å². The third kappa shape index (κ3) is 6.47. The first kappa shape index (κ1) is 20.0. The summed E-state index contributed by atoms with van der Waals surface area (Å²) in [6, 6.07) is 12.4. The van der Waals surface area contributed by atoms with Crippen LogP contribution in [-0.2, 0) is 14.4 Å². The van der Waals surface area contributed by atoms with E-state index < -0.39 is 0 Å². The lowest BCUT2D eigenvalue weighted by molar-refractivity contribution is -0.116. The Balaban J connectivity index is 1.94. The van der Waals surface area contributed by atoms with Gasteiger partial charge >= 0.3 is 0 Å². The summed E-state index contributed by atoms with van der Waals surface area (Å²) in [6.07, 6.45) is 0.400. The molecule has 0 aliphatic rings. The summed E-state index contributed by atoms with van der Waals surface area (Å²) in [5, 5.41) is 11.3. The Bertz CT molecular complexity index is 849. The highest BCUT2D eigenvalue weighted by atomic mass is 16.2. The zero-order chi connectivity index (χ0) is 19.8. The molecule has 7 heteroatoms. The van der Waals surface area contributed by atoms with Crippen molar-refractivity contribution in [3.8, 4) is 0 Å². The average Bonchev–Trinajstić information content (AvgIpc) is 2.62. The van der Waals surface area contributed by atoms with Crippen LogP contribution in [0.3, 0.4) is 0 Å². The van der Waals surface area contributed by atoms with Gasteiger partial charge in [-0.1, -0.05) is 19.1 Å². The van der Waals surface area contributed by atoms with Gasteiger partial charge in [-0.3, -0.25) is 14.4 Å². The molecule has 142 valence electrons. The first-order chi connectivity index (χ1) is 12.9. The Labute approximate surface area is 158 Å². The number of hydrogen-bond donors (Lipinski definition) is 4. The van der Waals surface area contributed by atoms with Crippen molar-refractivity contribution in [2.75, 3.05) is 27.8 Å². The Kier molecular flexibility index (Phi) is 6.93. The second-order valence-electron chi connectivity index (χ2n) is 6.10. The molecule has 0 bridgehead atoms. The van der Waals surface area contributed by atoms with Gasteiger partial charge in [-0.15, -0.1) is 0 Å². The third-order valence-electron chi connectivity index (χ3n) is 3.75. The van der Waals surface area contributed by atoms with Crippen LogP contribution in [0.15, 0.2) is 42.5 Å². The quantitative estimate of drug-likeness (QED) is 0.602. The van der Waals surface area contributed by atoms with Crippen LogP contribution >= 0.6 is 0 Å². The Hall–Kier alpha value is -3.35. The van der Waals surface area contributed by atoms with Crippen LogP contribution in [0.5, 0.6) is 0 Å².